The highest BCUT2D eigenvalue weighted by molar-refractivity contribution is 7.22. The minimum Gasteiger partial charge on any atom is -0.480 e. The van der Waals surface area contributed by atoms with E-state index in [0.717, 1.165) is 16.7 Å². The molecule has 0 spiro atoms. The number of hydroxylamine groups is 1. The molecule has 13 nitrogen and oxygen atoms in total. The van der Waals surface area contributed by atoms with Crippen molar-refractivity contribution >= 4 is 33.3 Å². The Morgan fingerprint density at radius 1 is 1.00 bits per heavy atom. The highest BCUT2D eigenvalue weighted by Gasteiger charge is 2.26. The van der Waals surface area contributed by atoms with Crippen LogP contribution in [0.25, 0.3) is 26.5 Å². The van der Waals surface area contributed by atoms with Gasteiger partial charge in [0.1, 0.15) is 16.5 Å². The number of carbonyl (C=O) groups is 1. The highest BCUT2D eigenvalue weighted by Crippen LogP contribution is 2.38. The molecule has 2 aromatic carbocycles. The number of hydrogen-bond donors (Lipinski definition) is 2. The second-order valence-corrected chi connectivity index (χ2v) is 11.5. The summed E-state index contributed by atoms with van der Waals surface area (Å²) >= 11 is 1.21. The number of anilines is 1. The van der Waals surface area contributed by atoms with Crippen molar-refractivity contribution in [3.05, 3.63) is 98.2 Å². The van der Waals surface area contributed by atoms with E-state index >= 15 is 0 Å². The fraction of sp³-hybridized carbons (Fsp3) is 0.258. The molecule has 2 amide bonds. The van der Waals surface area contributed by atoms with Crippen LogP contribution in [0.4, 0.5) is 19.3 Å². The van der Waals surface area contributed by atoms with Crippen molar-refractivity contribution in [3.63, 3.8) is 0 Å². The number of fused-ring (bicyclic) bond motifs is 1. The van der Waals surface area contributed by atoms with Crippen molar-refractivity contribution in [3.8, 4) is 22.1 Å². The normalized spacial score (nSPS) is 13.5. The van der Waals surface area contributed by atoms with Gasteiger partial charge in [-0.15, -0.1) is 21.5 Å². The zero-order chi connectivity index (χ0) is 33.1. The number of halogens is 2. The van der Waals surface area contributed by atoms with E-state index in [4.69, 9.17) is 9.47 Å². The number of ether oxygens (including phenoxy) is 2. The Bertz CT molecular complexity index is 2040. The minimum atomic E-state index is -0.835. The van der Waals surface area contributed by atoms with Crippen LogP contribution in [0.3, 0.4) is 0 Å². The first-order valence-electron chi connectivity index (χ1n) is 14.4. The summed E-state index contributed by atoms with van der Waals surface area (Å²) in [5, 5.41) is 10.9. The lowest BCUT2D eigenvalue weighted by Gasteiger charge is -2.26. The number of methoxy groups -OCH3 is 1. The van der Waals surface area contributed by atoms with Crippen LogP contribution in [-0.2, 0) is 22.7 Å². The fourth-order valence-electron chi connectivity index (χ4n) is 5.29. The first-order valence-corrected chi connectivity index (χ1v) is 15.2. The molecule has 2 N–H and O–H groups in total. The first kappa shape index (κ1) is 31.9. The largest absolute Gasteiger partial charge is 0.480 e. The van der Waals surface area contributed by atoms with E-state index in [1.165, 1.54) is 48.3 Å². The molecule has 3 aromatic heterocycles. The van der Waals surface area contributed by atoms with Gasteiger partial charge >= 0.3 is 11.7 Å². The number of hydrogen-bond acceptors (Lipinski definition) is 10. The van der Waals surface area contributed by atoms with Crippen LogP contribution < -0.4 is 26.8 Å². The smallest absolute Gasteiger partial charge is 0.343 e. The van der Waals surface area contributed by atoms with Gasteiger partial charge < -0.3 is 14.8 Å². The SMILES string of the molecule is CONC(=O)Nc1ccc(-c2sc3c(c2CN2CCOCC2)c(=O)n(-c2ccc(OC)nn2)c(=O)n3Cc2ccc(F)cc2F)cc1. The van der Waals surface area contributed by atoms with Gasteiger partial charge in [0.2, 0.25) is 5.88 Å². The van der Waals surface area contributed by atoms with E-state index in [1.807, 2.05) is 0 Å². The van der Waals surface area contributed by atoms with Gasteiger partial charge in [-0.3, -0.25) is 19.1 Å². The molecule has 1 aliphatic heterocycles. The van der Waals surface area contributed by atoms with Crippen molar-refractivity contribution in [2.45, 2.75) is 13.1 Å². The third kappa shape index (κ3) is 6.62. The quantitative estimate of drug-likeness (QED) is 0.226. The molecule has 5 aromatic rings. The molecule has 16 heteroatoms. The van der Waals surface area contributed by atoms with Crippen LogP contribution in [0.15, 0.2) is 64.2 Å². The van der Waals surface area contributed by atoms with E-state index in [-0.39, 0.29) is 29.2 Å². The molecular weight excluding hydrogens is 636 g/mol. The lowest BCUT2D eigenvalue weighted by Crippen LogP contribution is -2.40. The monoisotopic (exact) mass is 665 g/mol. The van der Waals surface area contributed by atoms with Gasteiger partial charge in [0, 0.05) is 47.9 Å². The van der Waals surface area contributed by atoms with E-state index in [0.29, 0.717) is 59.4 Å². The van der Waals surface area contributed by atoms with Gasteiger partial charge in [-0.1, -0.05) is 18.2 Å². The summed E-state index contributed by atoms with van der Waals surface area (Å²) in [4.78, 5) is 48.3. The molecule has 0 atom stereocenters. The molecule has 1 aliphatic rings. The van der Waals surface area contributed by atoms with E-state index < -0.39 is 28.9 Å². The maximum absolute atomic E-state index is 15.0. The lowest BCUT2D eigenvalue weighted by molar-refractivity contribution is 0.0344. The molecular formula is C31H29F2N7O6S. The molecule has 4 heterocycles. The Morgan fingerprint density at radius 2 is 1.77 bits per heavy atom. The zero-order valence-corrected chi connectivity index (χ0v) is 26.1. The minimum absolute atomic E-state index is 0.0501. The van der Waals surface area contributed by atoms with E-state index in [9.17, 15) is 23.2 Å². The third-order valence-electron chi connectivity index (χ3n) is 7.57. The summed E-state index contributed by atoms with van der Waals surface area (Å²) in [6.07, 6.45) is 0. The number of benzene rings is 2. The molecule has 1 fully saturated rings. The standard InChI is InChI=1S/C31H29F2N7O6S/c1-44-25-10-9-24(35-36-25)40-28(41)26-22(17-38-11-13-46-14-12-38)27(18-4-7-21(8-5-18)34-30(42)37-45-2)47-29(26)39(31(40)43)16-19-3-6-20(32)15-23(19)33/h3-10,15H,11-14,16-17H2,1-2H3,(H2,34,37,42). The maximum atomic E-state index is 15.0. The second kappa shape index (κ2) is 13.8. The Hall–Kier alpha value is -5.03. The van der Waals surface area contributed by atoms with E-state index in [1.54, 1.807) is 24.3 Å². The van der Waals surface area contributed by atoms with Gasteiger partial charge in [-0.05, 0) is 35.4 Å². The molecule has 1 saturated heterocycles. The second-order valence-electron chi connectivity index (χ2n) is 10.5. The number of amides is 2. The fourth-order valence-corrected chi connectivity index (χ4v) is 6.60. The van der Waals surface area contributed by atoms with Crippen molar-refractivity contribution in [2.75, 3.05) is 45.8 Å². The summed E-state index contributed by atoms with van der Waals surface area (Å²) < 4.78 is 41.6. The lowest BCUT2D eigenvalue weighted by atomic mass is 10.1. The molecule has 244 valence electrons. The number of aromatic nitrogens is 4. The molecule has 47 heavy (non-hydrogen) atoms. The Morgan fingerprint density at radius 3 is 2.43 bits per heavy atom. The van der Waals surface area contributed by atoms with Crippen molar-refractivity contribution in [1.29, 1.82) is 0 Å². The van der Waals surface area contributed by atoms with Crippen LogP contribution in [-0.4, -0.2) is 70.8 Å². The topological polar surface area (TPSA) is 142 Å². The summed E-state index contributed by atoms with van der Waals surface area (Å²) in [5.74, 6) is -1.46. The van der Waals surface area contributed by atoms with Gasteiger partial charge in [-0.2, -0.15) is 0 Å². The summed E-state index contributed by atoms with van der Waals surface area (Å²) in [5.41, 5.74) is 2.69. The average molecular weight is 666 g/mol. The number of urea groups is 1. The maximum Gasteiger partial charge on any atom is 0.343 e. The molecule has 0 aliphatic carbocycles. The third-order valence-corrected chi connectivity index (χ3v) is 8.87. The van der Waals surface area contributed by atoms with Gasteiger partial charge in [0.05, 0.1) is 39.4 Å². The number of thiophene rings is 1. The number of nitrogens with zero attached hydrogens (tertiary/aromatic N) is 5. The Balaban J connectivity index is 1.59. The first-order chi connectivity index (χ1) is 22.8. The Kier molecular flexibility index (Phi) is 9.35. The van der Waals surface area contributed by atoms with Crippen molar-refractivity contribution in [1.82, 2.24) is 29.7 Å². The van der Waals surface area contributed by atoms with E-state index in [2.05, 4.69) is 30.7 Å². The van der Waals surface area contributed by atoms with Crippen LogP contribution in [0.2, 0.25) is 0 Å². The zero-order valence-electron chi connectivity index (χ0n) is 25.3. The molecule has 6 rings (SSSR count). The van der Waals surface area contributed by atoms with Gasteiger partial charge in [0.25, 0.3) is 5.56 Å². The average Bonchev–Trinajstić information content (AvgIpc) is 3.44. The summed E-state index contributed by atoms with van der Waals surface area (Å²) in [7, 11) is 2.73. The predicted octanol–water partition coefficient (Wildman–Crippen LogP) is 3.52. The molecule has 0 bridgehead atoms. The van der Waals surface area contributed by atoms with Crippen LogP contribution in [0.5, 0.6) is 5.88 Å². The number of rotatable bonds is 9. The van der Waals surface area contributed by atoms with Crippen molar-refractivity contribution in [2.24, 2.45) is 0 Å². The van der Waals surface area contributed by atoms with Gasteiger partial charge in [0.15, 0.2) is 5.82 Å². The molecule has 0 radical (unpaired) electrons. The Labute approximate surface area is 269 Å². The predicted molar refractivity (Wildman–Crippen MR) is 170 cm³/mol. The van der Waals surface area contributed by atoms with Crippen LogP contribution in [0.1, 0.15) is 11.1 Å². The van der Waals surface area contributed by atoms with Crippen molar-refractivity contribution < 1.29 is 27.9 Å². The number of carbonyl (C=O) groups excluding carboxylic acids is 1. The van der Waals surface area contributed by atoms with Gasteiger partial charge in [-0.25, -0.2) is 28.4 Å². The van der Waals surface area contributed by atoms with Crippen LogP contribution >= 0.6 is 11.3 Å². The molecule has 0 unspecified atom stereocenters. The molecule has 0 saturated carbocycles. The number of morpholine rings is 1. The highest BCUT2D eigenvalue weighted by atomic mass is 32.1. The van der Waals surface area contributed by atoms with Crippen LogP contribution in [0, 0.1) is 11.6 Å². The summed E-state index contributed by atoms with van der Waals surface area (Å²) in [6.45, 7) is 2.32. The number of nitrogens with one attached hydrogen (secondary N) is 2. The summed E-state index contributed by atoms with van der Waals surface area (Å²) in [6, 6.07) is 12.4.